The van der Waals surface area contributed by atoms with E-state index in [1.807, 2.05) is 18.2 Å². The van der Waals surface area contributed by atoms with Gasteiger partial charge in [0.2, 0.25) is 0 Å². The summed E-state index contributed by atoms with van der Waals surface area (Å²) in [5, 5.41) is 0. The van der Waals surface area contributed by atoms with E-state index in [1.54, 1.807) is 0 Å². The second-order valence-corrected chi connectivity index (χ2v) is 3.85. The lowest BCUT2D eigenvalue weighted by Gasteiger charge is -2.16. The maximum atomic E-state index is 10.5. The number of carbonyl (C=O) groups excluding carboxylic acids is 1. The van der Waals surface area contributed by atoms with Gasteiger partial charge in [0.05, 0.1) is 6.61 Å². The molecule has 3 nitrogen and oxygen atoms in total. The van der Waals surface area contributed by atoms with Crippen LogP contribution in [-0.2, 0) is 4.74 Å². The molecule has 0 saturated heterocycles. The Labute approximate surface area is 96.6 Å². The molecule has 0 bridgehead atoms. The van der Waals surface area contributed by atoms with Gasteiger partial charge in [0.15, 0.2) is 0 Å². The zero-order valence-corrected chi connectivity index (χ0v) is 9.69. The molecule has 0 radical (unpaired) electrons. The van der Waals surface area contributed by atoms with Gasteiger partial charge in [0.25, 0.3) is 0 Å². The molecule has 1 aromatic rings. The summed E-state index contributed by atoms with van der Waals surface area (Å²) in [4.78, 5) is 10.5. The first-order chi connectivity index (χ1) is 7.74. The Balaban J connectivity index is 2.51. The second-order valence-electron chi connectivity index (χ2n) is 3.85. The first kappa shape index (κ1) is 12.6. The Morgan fingerprint density at radius 3 is 2.56 bits per heavy atom. The number of primary amides is 1. The molecular weight excluding hydrogens is 202 g/mol. The van der Waals surface area contributed by atoms with E-state index >= 15 is 0 Å². The molecule has 16 heavy (non-hydrogen) atoms. The Hall–Kier alpha value is -1.51. The van der Waals surface area contributed by atoms with Gasteiger partial charge >= 0.3 is 6.09 Å². The van der Waals surface area contributed by atoms with Gasteiger partial charge in [0, 0.05) is 0 Å². The summed E-state index contributed by atoms with van der Waals surface area (Å²) in [5.41, 5.74) is 6.23. The van der Waals surface area contributed by atoms with E-state index in [0.717, 1.165) is 19.3 Å². The smallest absolute Gasteiger partial charge is 0.404 e. The molecule has 3 heteroatoms. The van der Waals surface area contributed by atoms with Crippen molar-refractivity contribution < 1.29 is 9.53 Å². The molecule has 1 rings (SSSR count). The van der Waals surface area contributed by atoms with Gasteiger partial charge in [-0.25, -0.2) is 4.79 Å². The van der Waals surface area contributed by atoms with E-state index in [9.17, 15) is 4.79 Å². The van der Waals surface area contributed by atoms with Gasteiger partial charge in [-0.1, -0.05) is 43.7 Å². The van der Waals surface area contributed by atoms with Crippen LogP contribution in [0.2, 0.25) is 0 Å². The number of hydrogen-bond acceptors (Lipinski definition) is 2. The van der Waals surface area contributed by atoms with Crippen LogP contribution < -0.4 is 5.73 Å². The lowest BCUT2D eigenvalue weighted by molar-refractivity contribution is 0.152. The molecule has 1 unspecified atom stereocenters. The number of nitrogens with two attached hydrogens (primary N) is 1. The third-order valence-electron chi connectivity index (χ3n) is 2.62. The molecule has 0 fully saturated rings. The minimum Gasteiger partial charge on any atom is -0.450 e. The highest BCUT2D eigenvalue weighted by molar-refractivity contribution is 5.64. The molecule has 1 aromatic carbocycles. The Morgan fingerprint density at radius 1 is 1.31 bits per heavy atom. The van der Waals surface area contributed by atoms with Crippen LogP contribution in [0.4, 0.5) is 4.79 Å². The average Bonchev–Trinajstić information content (AvgIpc) is 2.29. The van der Waals surface area contributed by atoms with Crippen LogP contribution in [0.25, 0.3) is 0 Å². The predicted octanol–water partition coefficient (Wildman–Crippen LogP) is 3.06. The molecule has 0 saturated carbocycles. The third kappa shape index (κ3) is 4.34. The summed E-state index contributed by atoms with van der Waals surface area (Å²) in [5.74, 6) is 0.450. The van der Waals surface area contributed by atoms with Gasteiger partial charge in [0.1, 0.15) is 0 Å². The highest BCUT2D eigenvalue weighted by Gasteiger charge is 2.10. The lowest BCUT2D eigenvalue weighted by Crippen LogP contribution is -2.15. The van der Waals surface area contributed by atoms with Crippen molar-refractivity contribution in [2.45, 2.75) is 32.1 Å². The van der Waals surface area contributed by atoms with Crippen LogP contribution >= 0.6 is 0 Å². The summed E-state index contributed by atoms with van der Waals surface area (Å²) in [6.07, 6.45) is 2.37. The maximum absolute atomic E-state index is 10.5. The molecule has 0 aliphatic heterocycles. The van der Waals surface area contributed by atoms with E-state index in [1.165, 1.54) is 5.56 Å². The van der Waals surface area contributed by atoms with Gasteiger partial charge in [-0.15, -0.1) is 0 Å². The van der Waals surface area contributed by atoms with E-state index in [-0.39, 0.29) is 0 Å². The quantitative estimate of drug-likeness (QED) is 0.802. The average molecular weight is 221 g/mol. The molecule has 2 N–H and O–H groups in total. The van der Waals surface area contributed by atoms with E-state index in [4.69, 9.17) is 10.5 Å². The van der Waals surface area contributed by atoms with Crippen molar-refractivity contribution in [1.29, 1.82) is 0 Å². The molecule has 1 atom stereocenters. The van der Waals surface area contributed by atoms with Gasteiger partial charge in [-0.05, 0) is 24.3 Å². The zero-order valence-electron chi connectivity index (χ0n) is 9.69. The normalized spacial score (nSPS) is 12.1. The molecule has 0 spiro atoms. The van der Waals surface area contributed by atoms with Crippen molar-refractivity contribution in [3.63, 3.8) is 0 Å². The molecule has 0 aliphatic carbocycles. The fraction of sp³-hybridized carbons (Fsp3) is 0.462. The molecule has 88 valence electrons. The number of benzene rings is 1. The first-order valence-corrected chi connectivity index (χ1v) is 5.71. The van der Waals surface area contributed by atoms with Crippen molar-refractivity contribution in [3.8, 4) is 0 Å². The first-order valence-electron chi connectivity index (χ1n) is 5.71. The Morgan fingerprint density at radius 2 is 2.00 bits per heavy atom. The van der Waals surface area contributed by atoms with E-state index < -0.39 is 6.09 Å². The molecule has 0 heterocycles. The SMILES string of the molecule is CCCC(CCOC(N)=O)c1ccccc1. The zero-order chi connectivity index (χ0) is 11.8. The second kappa shape index (κ2) is 6.88. The van der Waals surface area contributed by atoms with Crippen molar-refractivity contribution in [1.82, 2.24) is 0 Å². The van der Waals surface area contributed by atoms with Crippen LogP contribution in [0.5, 0.6) is 0 Å². The number of ether oxygens (including phenoxy) is 1. The maximum Gasteiger partial charge on any atom is 0.404 e. The van der Waals surface area contributed by atoms with Crippen molar-refractivity contribution in [3.05, 3.63) is 35.9 Å². The van der Waals surface area contributed by atoms with E-state index in [0.29, 0.717) is 12.5 Å². The van der Waals surface area contributed by atoms with Gasteiger partial charge < -0.3 is 10.5 Å². The summed E-state index contributed by atoms with van der Waals surface area (Å²) in [7, 11) is 0. The van der Waals surface area contributed by atoms with Crippen LogP contribution in [-0.4, -0.2) is 12.7 Å². The Bertz CT molecular complexity index is 311. The number of carbonyl (C=O) groups is 1. The molecule has 0 aromatic heterocycles. The Kier molecular flexibility index (Phi) is 5.40. The fourth-order valence-electron chi connectivity index (χ4n) is 1.85. The van der Waals surface area contributed by atoms with Crippen molar-refractivity contribution >= 4 is 6.09 Å². The molecule has 0 aliphatic rings. The highest BCUT2D eigenvalue weighted by atomic mass is 16.5. The third-order valence-corrected chi connectivity index (χ3v) is 2.62. The largest absolute Gasteiger partial charge is 0.450 e. The van der Waals surface area contributed by atoms with Crippen LogP contribution in [0.1, 0.15) is 37.7 Å². The number of rotatable bonds is 6. The minimum atomic E-state index is -0.691. The van der Waals surface area contributed by atoms with Crippen molar-refractivity contribution in [2.24, 2.45) is 5.73 Å². The van der Waals surface area contributed by atoms with E-state index in [2.05, 4.69) is 19.1 Å². The summed E-state index contributed by atoms with van der Waals surface area (Å²) in [6.45, 7) is 2.56. The van der Waals surface area contributed by atoms with Crippen molar-refractivity contribution in [2.75, 3.05) is 6.61 Å². The van der Waals surface area contributed by atoms with Gasteiger partial charge in [-0.3, -0.25) is 0 Å². The lowest BCUT2D eigenvalue weighted by atomic mass is 9.92. The summed E-state index contributed by atoms with van der Waals surface area (Å²) >= 11 is 0. The monoisotopic (exact) mass is 221 g/mol. The van der Waals surface area contributed by atoms with Gasteiger partial charge in [-0.2, -0.15) is 0 Å². The van der Waals surface area contributed by atoms with Crippen LogP contribution in [0, 0.1) is 0 Å². The molecule has 1 amide bonds. The fourth-order valence-corrected chi connectivity index (χ4v) is 1.85. The highest BCUT2D eigenvalue weighted by Crippen LogP contribution is 2.24. The number of hydrogen-bond donors (Lipinski definition) is 1. The predicted molar refractivity (Wildman–Crippen MR) is 64.2 cm³/mol. The topological polar surface area (TPSA) is 52.3 Å². The van der Waals surface area contributed by atoms with Crippen LogP contribution in [0.3, 0.4) is 0 Å². The summed E-state index contributed by atoms with van der Waals surface area (Å²) in [6, 6.07) is 10.3. The molecular formula is C13H19NO2. The standard InChI is InChI=1S/C13H19NO2/c1-2-6-11(9-10-16-13(14)15)12-7-4-3-5-8-12/h3-5,7-8,11H,2,6,9-10H2,1H3,(H2,14,15). The minimum absolute atomic E-state index is 0.398. The number of amides is 1. The van der Waals surface area contributed by atoms with Crippen LogP contribution in [0.15, 0.2) is 30.3 Å². The summed E-state index contributed by atoms with van der Waals surface area (Å²) < 4.78 is 4.78.